The van der Waals surface area contributed by atoms with E-state index >= 15 is 0 Å². The van der Waals surface area contributed by atoms with Crippen LogP contribution in [0.1, 0.15) is 16.6 Å². The minimum absolute atomic E-state index is 0.0608. The Kier molecular flexibility index (Phi) is 7.90. The van der Waals surface area contributed by atoms with E-state index in [1.165, 1.54) is 28.4 Å². The minimum atomic E-state index is -3.86. The first-order valence-electron chi connectivity index (χ1n) is 13.0. The van der Waals surface area contributed by atoms with E-state index in [0.717, 1.165) is 11.1 Å². The quantitative estimate of drug-likeness (QED) is 0.309. The van der Waals surface area contributed by atoms with E-state index in [-0.39, 0.29) is 30.8 Å². The van der Waals surface area contributed by atoms with E-state index in [2.05, 4.69) is 9.97 Å². The van der Waals surface area contributed by atoms with Crippen LogP contribution in [0, 0.1) is 0 Å². The summed E-state index contributed by atoms with van der Waals surface area (Å²) in [6, 6.07) is 10.6. The molecule has 200 valence electrons. The van der Waals surface area contributed by atoms with Crippen LogP contribution in [-0.4, -0.2) is 65.8 Å². The number of hydrogen-bond acceptors (Lipinski definition) is 10. The van der Waals surface area contributed by atoms with Crippen LogP contribution in [0.3, 0.4) is 0 Å². The molecule has 0 radical (unpaired) electrons. The number of aromatic nitrogens is 2. The molecule has 2 aromatic carbocycles. The van der Waals surface area contributed by atoms with Gasteiger partial charge in [-0.05, 0) is 24.3 Å². The fourth-order valence-corrected chi connectivity index (χ4v) is 3.55. The van der Waals surface area contributed by atoms with E-state index in [9.17, 15) is 4.39 Å². The van der Waals surface area contributed by atoms with Crippen molar-refractivity contribution in [3.05, 3.63) is 47.5 Å². The predicted molar refractivity (Wildman–Crippen MR) is 136 cm³/mol. The van der Waals surface area contributed by atoms with Crippen LogP contribution in [0.5, 0.6) is 40.5 Å². The minimum Gasteiger partial charge on any atom is -0.497 e. The lowest BCUT2D eigenvalue weighted by Crippen LogP contribution is -2.25. The molecular formula is C26H32FN3O7. The summed E-state index contributed by atoms with van der Waals surface area (Å²) in [6.45, 7) is -6.87. The smallest absolute Gasteiger partial charge is 0.265 e. The van der Waals surface area contributed by atoms with Crippen molar-refractivity contribution in [2.24, 2.45) is 0 Å². The molecule has 37 heavy (non-hydrogen) atoms. The second-order valence-electron chi connectivity index (χ2n) is 7.38. The van der Waals surface area contributed by atoms with Gasteiger partial charge in [0.1, 0.15) is 36.2 Å². The normalized spacial score (nSPS) is 12.8. The van der Waals surface area contributed by atoms with Crippen LogP contribution >= 0.6 is 0 Å². The molecule has 0 fully saturated rings. The topological polar surface area (TPSA) is 93.6 Å². The van der Waals surface area contributed by atoms with Crippen molar-refractivity contribution in [2.75, 3.05) is 60.7 Å². The Labute approximate surface area is 221 Å². The number of benzene rings is 2. The Morgan fingerprint density at radius 2 is 1.22 bits per heavy atom. The molecule has 0 aliphatic carbocycles. The van der Waals surface area contributed by atoms with Gasteiger partial charge in [-0.1, -0.05) is 0 Å². The maximum Gasteiger partial charge on any atom is 0.265 e. The van der Waals surface area contributed by atoms with Crippen LogP contribution in [0.15, 0.2) is 36.4 Å². The molecule has 0 unspecified atom stereocenters. The zero-order valence-corrected chi connectivity index (χ0v) is 21.5. The SMILES string of the molecule is [2H]C([2H])(F)C([2H])([2H])Oc1c(OC)nc(N(Cc2ccc(OC)cc2OC)Cc2ccc(OC)cc2OC)nc1OC. The summed E-state index contributed by atoms with van der Waals surface area (Å²) in [5.41, 5.74) is 1.48. The van der Waals surface area contributed by atoms with Crippen molar-refractivity contribution in [1.82, 2.24) is 9.97 Å². The van der Waals surface area contributed by atoms with Gasteiger partial charge in [-0.3, -0.25) is 0 Å². The maximum atomic E-state index is 13.9. The molecule has 0 saturated heterocycles. The van der Waals surface area contributed by atoms with Crippen LogP contribution in [0.2, 0.25) is 0 Å². The average Bonchev–Trinajstić information content (AvgIpc) is 2.96. The molecule has 0 spiro atoms. The summed E-state index contributed by atoms with van der Waals surface area (Å²) in [7, 11) is 8.62. The van der Waals surface area contributed by atoms with Gasteiger partial charge in [0.2, 0.25) is 11.7 Å². The highest BCUT2D eigenvalue weighted by Gasteiger charge is 2.23. The van der Waals surface area contributed by atoms with Gasteiger partial charge in [0.15, 0.2) is 0 Å². The number of rotatable bonds is 14. The van der Waals surface area contributed by atoms with Crippen molar-refractivity contribution >= 4 is 5.95 Å². The van der Waals surface area contributed by atoms with E-state index in [1.54, 1.807) is 43.4 Å². The monoisotopic (exact) mass is 521 g/mol. The van der Waals surface area contributed by atoms with Gasteiger partial charge in [-0.2, -0.15) is 9.97 Å². The first-order chi connectivity index (χ1) is 19.4. The van der Waals surface area contributed by atoms with Crippen LogP contribution in [0.4, 0.5) is 10.3 Å². The van der Waals surface area contributed by atoms with Gasteiger partial charge in [0, 0.05) is 36.3 Å². The van der Waals surface area contributed by atoms with E-state index in [0.29, 0.717) is 23.0 Å². The fraction of sp³-hybridized carbons (Fsp3) is 0.385. The average molecular weight is 522 g/mol. The highest BCUT2D eigenvalue weighted by atomic mass is 19.1. The number of halogens is 1. The predicted octanol–water partition coefficient (Wildman–Crippen LogP) is 4.08. The third-order valence-corrected chi connectivity index (χ3v) is 5.36. The third kappa shape index (κ3) is 6.54. The summed E-state index contributed by atoms with van der Waals surface area (Å²) in [5, 5.41) is 0. The standard InChI is InChI=1S/C26H32FN3O7/c1-31-19-9-7-17(21(13-19)33-3)15-30(16-18-8-10-20(32-2)14-22(18)34-4)26-28-24(35-5)23(37-12-11-27)25(29-26)36-6/h7-10,13-14H,11-12,15-16H2,1-6H3/i11D2,12D2. The number of ether oxygens (including phenoxy) is 7. The van der Waals surface area contributed by atoms with E-state index in [1.807, 2.05) is 12.1 Å². The number of anilines is 1. The Bertz CT molecular complexity index is 1260. The molecule has 3 aromatic rings. The van der Waals surface area contributed by atoms with Crippen molar-refractivity contribution in [3.63, 3.8) is 0 Å². The molecule has 0 aliphatic rings. The number of nitrogens with zero attached hydrogens (tertiary/aromatic N) is 3. The molecule has 1 heterocycles. The Morgan fingerprint density at radius 3 is 1.59 bits per heavy atom. The molecule has 1 aromatic heterocycles. The molecular weight excluding hydrogens is 485 g/mol. The highest BCUT2D eigenvalue weighted by molar-refractivity contribution is 5.51. The Hall–Kier alpha value is -4.15. The van der Waals surface area contributed by atoms with Gasteiger partial charge in [0.05, 0.1) is 48.1 Å². The molecule has 11 heteroatoms. The third-order valence-electron chi connectivity index (χ3n) is 5.36. The van der Waals surface area contributed by atoms with Crippen LogP contribution in [-0.2, 0) is 13.1 Å². The van der Waals surface area contributed by atoms with Gasteiger partial charge in [0.25, 0.3) is 11.8 Å². The second kappa shape index (κ2) is 13.2. The molecule has 0 bridgehead atoms. The van der Waals surface area contributed by atoms with Crippen LogP contribution in [0.25, 0.3) is 0 Å². The lowest BCUT2D eigenvalue weighted by atomic mass is 10.1. The molecule has 0 aliphatic heterocycles. The first kappa shape index (κ1) is 22.1. The van der Waals surface area contributed by atoms with Crippen molar-refractivity contribution < 1.29 is 43.0 Å². The van der Waals surface area contributed by atoms with E-state index in [4.69, 9.17) is 38.6 Å². The molecule has 0 atom stereocenters. The van der Waals surface area contributed by atoms with Crippen molar-refractivity contribution in [3.8, 4) is 40.5 Å². The first-order valence-corrected chi connectivity index (χ1v) is 11.0. The molecule has 0 saturated carbocycles. The zero-order valence-electron chi connectivity index (χ0n) is 25.5. The number of alkyl halides is 1. The Balaban J connectivity index is 2.16. The summed E-state index contributed by atoms with van der Waals surface area (Å²) in [4.78, 5) is 10.5. The summed E-state index contributed by atoms with van der Waals surface area (Å²) in [5.74, 6) is 1.18. The van der Waals surface area contributed by atoms with Gasteiger partial charge in [-0.15, -0.1) is 0 Å². The molecule has 10 nitrogen and oxygen atoms in total. The lowest BCUT2D eigenvalue weighted by molar-refractivity contribution is 0.240. The van der Waals surface area contributed by atoms with Gasteiger partial charge >= 0.3 is 0 Å². The summed E-state index contributed by atoms with van der Waals surface area (Å²) in [6.07, 6.45) is 0. The highest BCUT2D eigenvalue weighted by Crippen LogP contribution is 2.37. The number of methoxy groups -OCH3 is 6. The van der Waals surface area contributed by atoms with Gasteiger partial charge < -0.3 is 38.1 Å². The summed E-state index contributed by atoms with van der Waals surface area (Å²) >= 11 is 0. The summed E-state index contributed by atoms with van der Waals surface area (Å²) < 4.78 is 81.1. The van der Waals surface area contributed by atoms with Gasteiger partial charge in [-0.25, -0.2) is 4.39 Å². The van der Waals surface area contributed by atoms with Crippen LogP contribution < -0.4 is 38.1 Å². The molecule has 0 amide bonds. The van der Waals surface area contributed by atoms with Crippen molar-refractivity contribution in [1.29, 1.82) is 0 Å². The van der Waals surface area contributed by atoms with Crippen molar-refractivity contribution in [2.45, 2.75) is 13.1 Å². The zero-order chi connectivity index (χ0) is 30.4. The fourth-order valence-electron chi connectivity index (χ4n) is 3.55. The van der Waals surface area contributed by atoms with E-state index < -0.39 is 18.9 Å². The molecule has 3 rings (SSSR count). The Morgan fingerprint density at radius 1 is 0.730 bits per heavy atom. The largest absolute Gasteiger partial charge is 0.497 e. The lowest BCUT2D eigenvalue weighted by Gasteiger charge is -2.26. The maximum absolute atomic E-state index is 13.9. The second-order valence-corrected chi connectivity index (χ2v) is 7.38. The number of hydrogen-bond donors (Lipinski definition) is 0. The molecule has 0 N–H and O–H groups in total.